The maximum Gasteiger partial charge on any atom is 0.164 e. The summed E-state index contributed by atoms with van der Waals surface area (Å²) in [6, 6.07) is 79.4. The van der Waals surface area contributed by atoms with Crippen LogP contribution >= 0.6 is 0 Å². The molecule has 13 rings (SSSR count). The van der Waals surface area contributed by atoms with Crippen molar-refractivity contribution >= 4 is 65.0 Å². The fourth-order valence-electron chi connectivity index (χ4n) is 9.66. The number of hydrogen-bond acceptors (Lipinski definition) is 4. The summed E-state index contributed by atoms with van der Waals surface area (Å²) in [7, 11) is 0. The van der Waals surface area contributed by atoms with Crippen LogP contribution < -0.4 is 0 Å². The Morgan fingerprint density at radius 3 is 1.23 bits per heavy atom. The number of benzene rings is 11. The molecule has 0 saturated carbocycles. The molecule has 4 heteroatoms. The van der Waals surface area contributed by atoms with E-state index < -0.39 is 0 Å². The van der Waals surface area contributed by atoms with Gasteiger partial charge in [0.15, 0.2) is 17.5 Å². The second-order valence-corrected chi connectivity index (χ2v) is 16.8. The third kappa shape index (κ3) is 6.34. The van der Waals surface area contributed by atoms with Crippen molar-refractivity contribution in [2.24, 2.45) is 0 Å². The Morgan fingerprint density at radius 1 is 0.246 bits per heavy atom. The van der Waals surface area contributed by atoms with E-state index in [-0.39, 0.29) is 0 Å². The molecular formula is C61H37N3O. The molecule has 2 heterocycles. The smallest absolute Gasteiger partial charge is 0.164 e. The van der Waals surface area contributed by atoms with Gasteiger partial charge in [0, 0.05) is 38.4 Å². The highest BCUT2D eigenvalue weighted by Gasteiger charge is 2.19. The molecule has 0 spiro atoms. The fourth-order valence-corrected chi connectivity index (χ4v) is 9.66. The molecule has 65 heavy (non-hydrogen) atoms. The summed E-state index contributed by atoms with van der Waals surface area (Å²) in [5.74, 6) is 1.89. The van der Waals surface area contributed by atoms with Crippen molar-refractivity contribution < 1.29 is 4.42 Å². The maximum absolute atomic E-state index is 6.91. The number of furan rings is 1. The van der Waals surface area contributed by atoms with Crippen molar-refractivity contribution in [1.82, 2.24) is 15.0 Å². The van der Waals surface area contributed by atoms with Gasteiger partial charge in [0.2, 0.25) is 0 Å². The van der Waals surface area contributed by atoms with Crippen LogP contribution in [0.4, 0.5) is 0 Å². The zero-order valence-electron chi connectivity index (χ0n) is 35.1. The zero-order chi connectivity index (χ0) is 42.8. The van der Waals surface area contributed by atoms with Gasteiger partial charge >= 0.3 is 0 Å². The van der Waals surface area contributed by atoms with E-state index in [0.29, 0.717) is 17.5 Å². The topological polar surface area (TPSA) is 51.8 Å². The second-order valence-electron chi connectivity index (χ2n) is 16.8. The minimum atomic E-state index is 0.623. The molecule has 13 aromatic rings. The van der Waals surface area contributed by atoms with Gasteiger partial charge in [-0.2, -0.15) is 0 Å². The average Bonchev–Trinajstić information content (AvgIpc) is 3.79. The lowest BCUT2D eigenvalue weighted by Gasteiger charge is -2.11. The standard InChI is InChI=1S/C61H37N3O/c1-3-15-40-35-48(31-29-38(40)13-1)60-62-59(63-61(64-60)49-32-30-39-14-2-4-16-41(39)36-49)47-22-11-20-45(37-47)43-18-9-17-42(33-43)44-19-10-21-46(34-44)50-27-12-28-55-56-53-25-7-5-23-51(53)52-24-6-8-26-54(52)58(56)65-57(50)55/h1-37H. The molecule has 11 aromatic carbocycles. The van der Waals surface area contributed by atoms with Crippen LogP contribution in [0.25, 0.3) is 133 Å². The number of rotatable bonds is 6. The number of nitrogens with zero attached hydrogens (tertiary/aromatic N) is 3. The molecule has 0 atom stereocenters. The minimum absolute atomic E-state index is 0.623. The molecule has 0 bridgehead atoms. The van der Waals surface area contributed by atoms with E-state index in [1.165, 1.54) is 26.9 Å². The first-order valence-corrected chi connectivity index (χ1v) is 22.0. The van der Waals surface area contributed by atoms with Crippen LogP contribution in [-0.4, -0.2) is 15.0 Å². The number of fused-ring (bicyclic) bond motifs is 10. The van der Waals surface area contributed by atoms with Crippen LogP contribution in [0.5, 0.6) is 0 Å². The fraction of sp³-hybridized carbons (Fsp3) is 0. The van der Waals surface area contributed by atoms with E-state index in [2.05, 4.69) is 224 Å². The molecule has 0 aliphatic rings. The van der Waals surface area contributed by atoms with Crippen molar-refractivity contribution in [2.45, 2.75) is 0 Å². The van der Waals surface area contributed by atoms with E-state index in [4.69, 9.17) is 19.4 Å². The Bertz CT molecular complexity index is 3940. The highest BCUT2D eigenvalue weighted by molar-refractivity contribution is 6.31. The number of para-hydroxylation sites is 1. The van der Waals surface area contributed by atoms with Crippen LogP contribution in [-0.2, 0) is 0 Å². The van der Waals surface area contributed by atoms with Crippen molar-refractivity contribution in [3.8, 4) is 67.5 Å². The lowest BCUT2D eigenvalue weighted by molar-refractivity contribution is 0.674. The molecule has 0 saturated heterocycles. The molecule has 0 aliphatic carbocycles. The van der Waals surface area contributed by atoms with Gasteiger partial charge in [-0.05, 0) is 95.9 Å². The Kier molecular flexibility index (Phi) is 8.50. The van der Waals surface area contributed by atoms with Gasteiger partial charge in [0.1, 0.15) is 11.2 Å². The first-order valence-electron chi connectivity index (χ1n) is 22.0. The molecule has 0 fully saturated rings. The van der Waals surface area contributed by atoms with E-state index in [0.717, 1.165) is 88.2 Å². The van der Waals surface area contributed by atoms with Crippen LogP contribution in [0.3, 0.4) is 0 Å². The molecule has 0 N–H and O–H groups in total. The van der Waals surface area contributed by atoms with Crippen LogP contribution in [0.2, 0.25) is 0 Å². The van der Waals surface area contributed by atoms with E-state index in [9.17, 15) is 0 Å². The number of aromatic nitrogens is 3. The third-order valence-corrected chi connectivity index (χ3v) is 12.8. The van der Waals surface area contributed by atoms with Crippen LogP contribution in [0.1, 0.15) is 0 Å². The summed E-state index contributed by atoms with van der Waals surface area (Å²) in [6.45, 7) is 0. The maximum atomic E-state index is 6.91. The summed E-state index contributed by atoms with van der Waals surface area (Å²) in [4.78, 5) is 15.4. The summed E-state index contributed by atoms with van der Waals surface area (Å²) >= 11 is 0. The predicted molar refractivity (Wildman–Crippen MR) is 270 cm³/mol. The SMILES string of the molecule is c1cc(-c2cccc(-c3nc(-c4ccc5ccccc5c4)nc(-c4ccc5ccccc5c4)n3)c2)cc(-c2cccc(-c3cccc4c3oc3c5ccccc5c5ccccc5c43)c2)c1. The summed E-state index contributed by atoms with van der Waals surface area (Å²) < 4.78 is 6.91. The van der Waals surface area contributed by atoms with Crippen molar-refractivity contribution in [3.63, 3.8) is 0 Å². The molecule has 0 radical (unpaired) electrons. The first-order chi connectivity index (χ1) is 32.2. The lowest BCUT2D eigenvalue weighted by atomic mass is 9.94. The highest BCUT2D eigenvalue weighted by Crippen LogP contribution is 2.44. The largest absolute Gasteiger partial charge is 0.455 e. The summed E-state index contributed by atoms with van der Waals surface area (Å²) in [5.41, 5.74) is 11.2. The average molecular weight is 828 g/mol. The molecule has 0 aliphatic heterocycles. The predicted octanol–water partition coefficient (Wildman–Crippen LogP) is 16.4. The third-order valence-electron chi connectivity index (χ3n) is 12.8. The van der Waals surface area contributed by atoms with E-state index >= 15 is 0 Å². The molecule has 302 valence electrons. The lowest BCUT2D eigenvalue weighted by Crippen LogP contribution is -2.00. The zero-order valence-corrected chi connectivity index (χ0v) is 35.1. The van der Waals surface area contributed by atoms with Crippen molar-refractivity contribution in [1.29, 1.82) is 0 Å². The van der Waals surface area contributed by atoms with Gasteiger partial charge in [-0.25, -0.2) is 15.0 Å². The molecule has 2 aromatic heterocycles. The minimum Gasteiger partial charge on any atom is -0.455 e. The Balaban J connectivity index is 0.890. The van der Waals surface area contributed by atoms with Gasteiger partial charge < -0.3 is 4.42 Å². The molecule has 4 nitrogen and oxygen atoms in total. The highest BCUT2D eigenvalue weighted by atomic mass is 16.3. The number of hydrogen-bond donors (Lipinski definition) is 0. The normalized spacial score (nSPS) is 11.7. The Morgan fingerprint density at radius 2 is 0.646 bits per heavy atom. The summed E-state index contributed by atoms with van der Waals surface area (Å²) in [6.07, 6.45) is 0. The van der Waals surface area contributed by atoms with Gasteiger partial charge in [-0.15, -0.1) is 0 Å². The molecular weight excluding hydrogens is 791 g/mol. The van der Waals surface area contributed by atoms with Crippen molar-refractivity contribution in [2.75, 3.05) is 0 Å². The monoisotopic (exact) mass is 827 g/mol. The van der Waals surface area contributed by atoms with Gasteiger partial charge in [-0.3, -0.25) is 0 Å². The molecule has 0 amide bonds. The Labute approximate surface area is 374 Å². The van der Waals surface area contributed by atoms with Gasteiger partial charge in [-0.1, -0.05) is 194 Å². The van der Waals surface area contributed by atoms with Gasteiger partial charge in [0.05, 0.1) is 0 Å². The van der Waals surface area contributed by atoms with E-state index in [1.807, 2.05) is 0 Å². The quantitative estimate of drug-likeness (QED) is 0.157. The van der Waals surface area contributed by atoms with Crippen LogP contribution in [0, 0.1) is 0 Å². The first kappa shape index (κ1) is 36.9. The molecule has 0 unspecified atom stereocenters. The van der Waals surface area contributed by atoms with Crippen molar-refractivity contribution in [3.05, 3.63) is 224 Å². The van der Waals surface area contributed by atoms with E-state index in [1.54, 1.807) is 0 Å². The second kappa shape index (κ2) is 15.0. The Hall–Kier alpha value is -8.73. The van der Waals surface area contributed by atoms with Crippen LogP contribution in [0.15, 0.2) is 229 Å². The van der Waals surface area contributed by atoms with Gasteiger partial charge in [0.25, 0.3) is 0 Å². The summed E-state index contributed by atoms with van der Waals surface area (Å²) in [5, 5.41) is 11.7.